The van der Waals surface area contributed by atoms with Crippen LogP contribution < -0.4 is 4.74 Å². The maximum absolute atomic E-state index is 12.3. The summed E-state index contributed by atoms with van der Waals surface area (Å²) in [6.45, 7) is 3.97. The molecule has 2 aromatic rings. The van der Waals surface area contributed by atoms with Gasteiger partial charge >= 0.3 is 5.97 Å². The van der Waals surface area contributed by atoms with Crippen molar-refractivity contribution in [3.63, 3.8) is 0 Å². The minimum atomic E-state index is -0.478. The highest BCUT2D eigenvalue weighted by molar-refractivity contribution is 6.55. The largest absolute Gasteiger partial charge is 0.460 e. The zero-order valence-electron chi connectivity index (χ0n) is 14.1. The van der Waals surface area contributed by atoms with Crippen molar-refractivity contribution in [3.8, 4) is 11.5 Å². The van der Waals surface area contributed by atoms with Gasteiger partial charge in [-0.2, -0.15) is 0 Å². The average Bonchev–Trinajstić information content (AvgIpc) is 2.58. The van der Waals surface area contributed by atoms with Crippen LogP contribution in [0, 0.1) is 11.8 Å². The third-order valence-electron chi connectivity index (χ3n) is 3.55. The molecule has 0 aromatic heterocycles. The Morgan fingerprint density at radius 3 is 2.36 bits per heavy atom. The van der Waals surface area contributed by atoms with Gasteiger partial charge in [0.1, 0.15) is 22.6 Å². The number of para-hydroxylation sites is 1. The first-order valence-corrected chi connectivity index (χ1v) is 8.72. The highest BCUT2D eigenvalue weighted by Gasteiger charge is 2.22. The number of ether oxygens (including phenoxy) is 2. The molecule has 0 spiro atoms. The molecule has 2 rings (SSSR count). The molecular formula is C20H20Cl2O3. The quantitative estimate of drug-likeness (QED) is 0.544. The SMILES string of the molecule is CC(C)C(C=C(Cl)Cl)C(=O)OCc1cccc(Oc2ccccc2)c1. The molecule has 0 saturated carbocycles. The second kappa shape index (κ2) is 9.50. The highest BCUT2D eigenvalue weighted by Crippen LogP contribution is 2.23. The lowest BCUT2D eigenvalue weighted by Crippen LogP contribution is -2.21. The first-order chi connectivity index (χ1) is 12.0. The van der Waals surface area contributed by atoms with Gasteiger partial charge in [0, 0.05) is 0 Å². The van der Waals surface area contributed by atoms with Crippen molar-refractivity contribution in [2.75, 3.05) is 0 Å². The smallest absolute Gasteiger partial charge is 0.313 e. The molecule has 0 N–H and O–H groups in total. The Balaban J connectivity index is 2.00. The minimum Gasteiger partial charge on any atom is -0.460 e. The monoisotopic (exact) mass is 378 g/mol. The van der Waals surface area contributed by atoms with E-state index < -0.39 is 5.92 Å². The first kappa shape index (κ1) is 19.4. The lowest BCUT2D eigenvalue weighted by Gasteiger charge is -2.16. The summed E-state index contributed by atoms with van der Waals surface area (Å²) in [7, 11) is 0. The van der Waals surface area contributed by atoms with E-state index in [1.807, 2.05) is 68.4 Å². The van der Waals surface area contributed by atoms with Crippen LogP contribution in [-0.2, 0) is 16.1 Å². The lowest BCUT2D eigenvalue weighted by molar-refractivity contribution is -0.149. The fourth-order valence-electron chi connectivity index (χ4n) is 2.24. The Labute approximate surface area is 158 Å². The minimum absolute atomic E-state index is 0.0350. The van der Waals surface area contributed by atoms with Crippen LogP contribution in [-0.4, -0.2) is 5.97 Å². The number of esters is 1. The number of hydrogen-bond acceptors (Lipinski definition) is 3. The number of benzene rings is 2. The van der Waals surface area contributed by atoms with Gasteiger partial charge in [-0.25, -0.2) is 0 Å². The van der Waals surface area contributed by atoms with Gasteiger partial charge in [-0.1, -0.05) is 67.4 Å². The van der Waals surface area contributed by atoms with E-state index >= 15 is 0 Å². The van der Waals surface area contributed by atoms with Crippen LogP contribution in [0.15, 0.2) is 65.2 Å². The van der Waals surface area contributed by atoms with E-state index in [0.29, 0.717) is 5.75 Å². The van der Waals surface area contributed by atoms with Gasteiger partial charge < -0.3 is 9.47 Å². The molecule has 1 unspecified atom stereocenters. The summed E-state index contributed by atoms with van der Waals surface area (Å²) in [6, 6.07) is 16.9. The van der Waals surface area contributed by atoms with E-state index in [9.17, 15) is 4.79 Å². The predicted octanol–water partition coefficient (Wildman–Crippen LogP) is 6.11. The Bertz CT molecular complexity index is 723. The normalized spacial score (nSPS) is 11.7. The van der Waals surface area contributed by atoms with Crippen molar-refractivity contribution >= 4 is 29.2 Å². The number of carbonyl (C=O) groups excluding carboxylic acids is 1. The molecule has 0 amide bonds. The number of carbonyl (C=O) groups is 1. The summed E-state index contributed by atoms with van der Waals surface area (Å²) in [5.74, 6) is 0.631. The van der Waals surface area contributed by atoms with Gasteiger partial charge in [-0.3, -0.25) is 4.79 Å². The summed E-state index contributed by atoms with van der Waals surface area (Å²) in [5.41, 5.74) is 0.838. The van der Waals surface area contributed by atoms with E-state index in [0.717, 1.165) is 11.3 Å². The van der Waals surface area contributed by atoms with E-state index in [4.69, 9.17) is 32.7 Å². The van der Waals surface area contributed by atoms with Gasteiger partial charge in [0.2, 0.25) is 0 Å². The molecule has 0 fully saturated rings. The zero-order chi connectivity index (χ0) is 18.2. The van der Waals surface area contributed by atoms with Crippen LogP contribution in [0.5, 0.6) is 11.5 Å². The molecule has 0 heterocycles. The second-order valence-electron chi connectivity index (χ2n) is 5.90. The number of rotatable bonds is 7. The summed E-state index contributed by atoms with van der Waals surface area (Å²) >= 11 is 11.4. The molecule has 0 aliphatic rings. The number of halogens is 2. The van der Waals surface area contributed by atoms with Crippen LogP contribution in [0.4, 0.5) is 0 Å². The third kappa shape index (κ3) is 6.45. The van der Waals surface area contributed by atoms with Gasteiger partial charge in [0.25, 0.3) is 0 Å². The molecule has 0 aliphatic heterocycles. The van der Waals surface area contributed by atoms with E-state index in [1.165, 1.54) is 6.08 Å². The molecule has 0 bridgehead atoms. The summed E-state index contributed by atoms with van der Waals surface area (Å²) < 4.78 is 11.2. The Morgan fingerprint density at radius 1 is 1.04 bits per heavy atom. The molecule has 5 heteroatoms. The maximum Gasteiger partial charge on any atom is 0.313 e. The summed E-state index contributed by atoms with van der Waals surface area (Å²) in [5, 5.41) is 0. The van der Waals surface area contributed by atoms with E-state index in [2.05, 4.69) is 0 Å². The zero-order valence-corrected chi connectivity index (χ0v) is 15.6. The Morgan fingerprint density at radius 2 is 1.72 bits per heavy atom. The number of hydrogen-bond donors (Lipinski definition) is 0. The first-order valence-electron chi connectivity index (χ1n) is 7.97. The molecule has 1 atom stereocenters. The summed E-state index contributed by atoms with van der Waals surface area (Å²) in [6.07, 6.45) is 1.51. The van der Waals surface area contributed by atoms with E-state index in [1.54, 1.807) is 0 Å². The van der Waals surface area contributed by atoms with Crippen molar-refractivity contribution in [2.45, 2.75) is 20.5 Å². The van der Waals surface area contributed by atoms with Crippen molar-refractivity contribution in [3.05, 3.63) is 70.7 Å². The second-order valence-corrected chi connectivity index (χ2v) is 6.90. The van der Waals surface area contributed by atoms with Crippen molar-refractivity contribution in [2.24, 2.45) is 11.8 Å². The van der Waals surface area contributed by atoms with Crippen LogP contribution in [0.3, 0.4) is 0 Å². The van der Waals surface area contributed by atoms with Gasteiger partial charge in [-0.05, 0) is 41.8 Å². The van der Waals surface area contributed by atoms with E-state index in [-0.39, 0.29) is 23.0 Å². The van der Waals surface area contributed by atoms with Crippen molar-refractivity contribution < 1.29 is 14.3 Å². The molecule has 25 heavy (non-hydrogen) atoms. The lowest BCUT2D eigenvalue weighted by atomic mass is 9.96. The molecule has 0 aliphatic carbocycles. The Kier molecular flexibility index (Phi) is 7.35. The topological polar surface area (TPSA) is 35.5 Å². The predicted molar refractivity (Wildman–Crippen MR) is 101 cm³/mol. The fraction of sp³-hybridized carbons (Fsp3) is 0.250. The molecule has 2 aromatic carbocycles. The van der Waals surface area contributed by atoms with Crippen molar-refractivity contribution in [1.82, 2.24) is 0 Å². The Hall–Kier alpha value is -1.97. The summed E-state index contributed by atoms with van der Waals surface area (Å²) in [4.78, 5) is 12.3. The van der Waals surface area contributed by atoms with Gasteiger partial charge in [0.05, 0.1) is 5.92 Å². The average molecular weight is 379 g/mol. The fourth-order valence-corrected chi connectivity index (χ4v) is 2.51. The van der Waals surface area contributed by atoms with Crippen LogP contribution in [0.25, 0.3) is 0 Å². The highest BCUT2D eigenvalue weighted by atomic mass is 35.5. The van der Waals surface area contributed by atoms with Crippen LogP contribution in [0.1, 0.15) is 19.4 Å². The van der Waals surface area contributed by atoms with Crippen LogP contribution in [0.2, 0.25) is 0 Å². The maximum atomic E-state index is 12.3. The molecular weight excluding hydrogens is 359 g/mol. The molecule has 132 valence electrons. The standard InChI is InChI=1S/C20H20Cl2O3/c1-14(2)18(12-19(21)22)20(23)24-13-15-7-6-10-17(11-15)25-16-8-4-3-5-9-16/h3-12,14,18H,13H2,1-2H3. The van der Waals surface area contributed by atoms with Gasteiger partial charge in [0.15, 0.2) is 0 Å². The molecule has 0 saturated heterocycles. The van der Waals surface area contributed by atoms with Crippen LogP contribution >= 0.6 is 23.2 Å². The molecule has 3 nitrogen and oxygen atoms in total. The van der Waals surface area contributed by atoms with Gasteiger partial charge in [-0.15, -0.1) is 0 Å². The molecule has 0 radical (unpaired) electrons. The third-order valence-corrected chi connectivity index (χ3v) is 3.81. The van der Waals surface area contributed by atoms with Crippen molar-refractivity contribution in [1.29, 1.82) is 0 Å².